The fourth-order valence-corrected chi connectivity index (χ4v) is 2.76. The van der Waals surface area contributed by atoms with E-state index in [1.165, 1.54) is 0 Å². The van der Waals surface area contributed by atoms with E-state index < -0.39 is 35.8 Å². The van der Waals surface area contributed by atoms with Crippen LogP contribution < -0.4 is 16.8 Å². The molecule has 0 radical (unpaired) electrons. The van der Waals surface area contributed by atoms with Crippen LogP contribution in [0.1, 0.15) is 11.1 Å². The summed E-state index contributed by atoms with van der Waals surface area (Å²) in [6, 6.07) is 15.7. The number of carbonyl (C=O) groups is 3. The van der Waals surface area contributed by atoms with Gasteiger partial charge < -0.3 is 21.9 Å². The van der Waals surface area contributed by atoms with Crippen molar-refractivity contribution in [1.82, 2.24) is 5.32 Å². The molecule has 0 fully saturated rings. The Labute approximate surface area is 157 Å². The highest BCUT2D eigenvalue weighted by molar-refractivity contribution is 5.91. The number of benzene rings is 2. The third-order valence-corrected chi connectivity index (χ3v) is 4.29. The van der Waals surface area contributed by atoms with Crippen molar-refractivity contribution < 1.29 is 19.5 Å². The maximum Gasteiger partial charge on any atom is 0.308 e. The SMILES string of the molecule is NC(=O)[C@H](Cc1ccccc1)NC(=O)[C@@H](N)C(Cc1ccccc1)C(=O)O. The molecule has 0 aliphatic carbocycles. The van der Waals surface area contributed by atoms with Crippen molar-refractivity contribution in [3.63, 3.8) is 0 Å². The molecule has 7 heteroatoms. The number of rotatable bonds is 9. The van der Waals surface area contributed by atoms with Gasteiger partial charge in [0.25, 0.3) is 0 Å². The van der Waals surface area contributed by atoms with Crippen molar-refractivity contribution in [2.45, 2.75) is 24.9 Å². The molecular weight excluding hydrogens is 346 g/mol. The van der Waals surface area contributed by atoms with E-state index in [9.17, 15) is 19.5 Å². The Morgan fingerprint density at radius 2 is 1.37 bits per heavy atom. The number of hydrogen-bond donors (Lipinski definition) is 4. The molecule has 0 spiro atoms. The summed E-state index contributed by atoms with van der Waals surface area (Å²) in [7, 11) is 0. The van der Waals surface area contributed by atoms with Crippen LogP contribution >= 0.6 is 0 Å². The van der Waals surface area contributed by atoms with E-state index in [2.05, 4.69) is 5.32 Å². The lowest BCUT2D eigenvalue weighted by atomic mass is 9.91. The third kappa shape index (κ3) is 5.93. The monoisotopic (exact) mass is 369 g/mol. The quantitative estimate of drug-likeness (QED) is 0.509. The number of nitrogens with two attached hydrogens (primary N) is 2. The van der Waals surface area contributed by atoms with Gasteiger partial charge in [0.2, 0.25) is 11.8 Å². The number of primary amides is 1. The molecule has 2 amide bonds. The van der Waals surface area contributed by atoms with Crippen LogP contribution in [0.15, 0.2) is 60.7 Å². The Balaban J connectivity index is 2.07. The summed E-state index contributed by atoms with van der Waals surface area (Å²) in [6.45, 7) is 0. The van der Waals surface area contributed by atoms with Crippen LogP contribution in [0.5, 0.6) is 0 Å². The fraction of sp³-hybridized carbons (Fsp3) is 0.250. The summed E-state index contributed by atoms with van der Waals surface area (Å²) in [5.74, 6) is -3.75. The second kappa shape index (κ2) is 9.49. The zero-order valence-corrected chi connectivity index (χ0v) is 14.7. The summed E-state index contributed by atoms with van der Waals surface area (Å²) >= 11 is 0. The summed E-state index contributed by atoms with van der Waals surface area (Å²) in [4.78, 5) is 35.8. The average Bonchev–Trinajstić information content (AvgIpc) is 2.66. The standard InChI is InChI=1S/C20H23N3O4/c21-17(15(20(26)27)11-13-7-3-1-4-8-13)19(25)23-16(18(22)24)12-14-9-5-2-6-10-14/h1-10,15-17H,11-12,21H2,(H2,22,24)(H,23,25)(H,26,27)/t15?,16-,17-/m0/s1. The molecule has 7 nitrogen and oxygen atoms in total. The van der Waals surface area contributed by atoms with Gasteiger partial charge in [0.05, 0.1) is 12.0 Å². The molecule has 0 saturated heterocycles. The van der Waals surface area contributed by atoms with Gasteiger partial charge in [-0.3, -0.25) is 14.4 Å². The zero-order valence-electron chi connectivity index (χ0n) is 14.7. The molecule has 0 aromatic heterocycles. The lowest BCUT2D eigenvalue weighted by molar-refractivity contribution is -0.145. The predicted molar refractivity (Wildman–Crippen MR) is 101 cm³/mol. The van der Waals surface area contributed by atoms with Crippen molar-refractivity contribution in [2.24, 2.45) is 17.4 Å². The van der Waals surface area contributed by atoms with Gasteiger partial charge in [-0.25, -0.2) is 0 Å². The minimum atomic E-state index is -1.32. The van der Waals surface area contributed by atoms with Crippen LogP contribution in [0, 0.1) is 5.92 Å². The van der Waals surface area contributed by atoms with Crippen LogP contribution in [0.25, 0.3) is 0 Å². The molecular formula is C20H23N3O4. The Morgan fingerprint density at radius 3 is 1.81 bits per heavy atom. The number of hydrogen-bond acceptors (Lipinski definition) is 4. The minimum Gasteiger partial charge on any atom is -0.481 e. The van der Waals surface area contributed by atoms with Crippen LogP contribution in [0.3, 0.4) is 0 Å². The minimum absolute atomic E-state index is 0.102. The molecule has 27 heavy (non-hydrogen) atoms. The summed E-state index contributed by atoms with van der Waals surface area (Å²) in [5.41, 5.74) is 12.9. The number of carbonyl (C=O) groups excluding carboxylic acids is 2. The van der Waals surface area contributed by atoms with E-state index in [4.69, 9.17) is 11.5 Å². The Kier molecular flexibility index (Phi) is 7.08. The fourth-order valence-electron chi connectivity index (χ4n) is 2.76. The largest absolute Gasteiger partial charge is 0.481 e. The first-order chi connectivity index (χ1) is 12.9. The number of amides is 2. The molecule has 3 atom stereocenters. The molecule has 1 unspecified atom stereocenters. The second-order valence-electron chi connectivity index (χ2n) is 6.31. The molecule has 0 aliphatic rings. The van der Waals surface area contributed by atoms with Gasteiger partial charge in [-0.2, -0.15) is 0 Å². The molecule has 2 aromatic carbocycles. The van der Waals surface area contributed by atoms with Crippen LogP contribution in [-0.4, -0.2) is 35.0 Å². The van der Waals surface area contributed by atoms with Gasteiger partial charge in [-0.15, -0.1) is 0 Å². The van der Waals surface area contributed by atoms with E-state index in [0.717, 1.165) is 11.1 Å². The first kappa shape index (κ1) is 20.1. The third-order valence-electron chi connectivity index (χ3n) is 4.29. The van der Waals surface area contributed by atoms with E-state index in [1.807, 2.05) is 12.1 Å². The highest BCUT2D eigenvalue weighted by Gasteiger charge is 2.32. The van der Waals surface area contributed by atoms with Crippen molar-refractivity contribution in [1.29, 1.82) is 0 Å². The summed E-state index contributed by atoms with van der Waals surface area (Å²) in [5, 5.41) is 12.0. The van der Waals surface area contributed by atoms with E-state index in [0.29, 0.717) is 0 Å². The van der Waals surface area contributed by atoms with Crippen molar-refractivity contribution >= 4 is 17.8 Å². The van der Waals surface area contributed by atoms with Gasteiger partial charge >= 0.3 is 5.97 Å². The van der Waals surface area contributed by atoms with Crippen LogP contribution in [0.4, 0.5) is 0 Å². The van der Waals surface area contributed by atoms with Crippen LogP contribution in [-0.2, 0) is 27.2 Å². The maximum atomic E-state index is 12.5. The van der Waals surface area contributed by atoms with Crippen molar-refractivity contribution in [3.05, 3.63) is 71.8 Å². The normalized spacial score (nSPS) is 14.0. The highest BCUT2D eigenvalue weighted by atomic mass is 16.4. The van der Waals surface area contributed by atoms with E-state index >= 15 is 0 Å². The number of aliphatic carboxylic acids is 1. The average molecular weight is 369 g/mol. The summed E-state index contributed by atoms with van der Waals surface area (Å²) < 4.78 is 0. The highest BCUT2D eigenvalue weighted by Crippen LogP contribution is 2.13. The topological polar surface area (TPSA) is 136 Å². The molecule has 0 aliphatic heterocycles. The maximum absolute atomic E-state index is 12.5. The second-order valence-corrected chi connectivity index (χ2v) is 6.31. The molecule has 0 bridgehead atoms. The first-order valence-corrected chi connectivity index (χ1v) is 8.54. The Bertz CT molecular complexity index is 780. The van der Waals surface area contributed by atoms with E-state index in [-0.39, 0.29) is 12.8 Å². The van der Waals surface area contributed by atoms with Gasteiger partial charge in [-0.1, -0.05) is 60.7 Å². The number of carboxylic acid groups (broad SMARTS) is 1. The van der Waals surface area contributed by atoms with Gasteiger partial charge in [-0.05, 0) is 17.5 Å². The number of nitrogens with one attached hydrogen (secondary N) is 1. The van der Waals surface area contributed by atoms with Crippen molar-refractivity contribution in [3.8, 4) is 0 Å². The molecule has 142 valence electrons. The lowest BCUT2D eigenvalue weighted by Gasteiger charge is -2.22. The lowest BCUT2D eigenvalue weighted by Crippen LogP contribution is -2.54. The number of carboxylic acids is 1. The smallest absolute Gasteiger partial charge is 0.308 e. The Morgan fingerprint density at radius 1 is 0.889 bits per heavy atom. The van der Waals surface area contributed by atoms with Gasteiger partial charge in [0, 0.05) is 6.42 Å². The van der Waals surface area contributed by atoms with E-state index in [1.54, 1.807) is 48.5 Å². The molecule has 0 heterocycles. The molecule has 0 saturated carbocycles. The van der Waals surface area contributed by atoms with Crippen molar-refractivity contribution in [2.75, 3.05) is 0 Å². The van der Waals surface area contributed by atoms with Gasteiger partial charge in [0.15, 0.2) is 0 Å². The first-order valence-electron chi connectivity index (χ1n) is 8.54. The van der Waals surface area contributed by atoms with Crippen LogP contribution in [0.2, 0.25) is 0 Å². The Hall–Kier alpha value is -3.19. The van der Waals surface area contributed by atoms with Gasteiger partial charge in [0.1, 0.15) is 6.04 Å². The zero-order chi connectivity index (χ0) is 19.8. The predicted octanol–water partition coefficient (Wildman–Crippen LogP) is 0.470. The summed E-state index contributed by atoms with van der Waals surface area (Å²) in [6.07, 6.45) is 0.301. The molecule has 6 N–H and O–H groups in total. The molecule has 2 rings (SSSR count). The molecule has 2 aromatic rings.